The summed E-state index contributed by atoms with van der Waals surface area (Å²) in [5.41, 5.74) is 7.58. The molecular formula is C7H12N2O. The number of ether oxygens (including phenoxy) is 1. The lowest BCUT2D eigenvalue weighted by molar-refractivity contribution is 0.185. The molecule has 1 aromatic heterocycles. The SMILES string of the molecule is COCc1c[nH]c(CN)c1. The Morgan fingerprint density at radius 1 is 1.70 bits per heavy atom. The molecule has 0 amide bonds. The molecule has 3 nitrogen and oxygen atoms in total. The van der Waals surface area contributed by atoms with Gasteiger partial charge in [0.2, 0.25) is 0 Å². The molecule has 0 unspecified atom stereocenters. The summed E-state index contributed by atoms with van der Waals surface area (Å²) in [5, 5.41) is 0. The number of nitrogens with two attached hydrogens (primary N) is 1. The Hall–Kier alpha value is -0.800. The Labute approximate surface area is 60.2 Å². The molecule has 0 aliphatic heterocycles. The lowest BCUT2D eigenvalue weighted by Crippen LogP contribution is -1.95. The van der Waals surface area contributed by atoms with Gasteiger partial charge in [0.25, 0.3) is 0 Å². The van der Waals surface area contributed by atoms with Crippen LogP contribution in [0.3, 0.4) is 0 Å². The summed E-state index contributed by atoms with van der Waals surface area (Å²) in [6, 6.07) is 2.00. The van der Waals surface area contributed by atoms with E-state index in [0.717, 1.165) is 11.3 Å². The van der Waals surface area contributed by atoms with Crippen LogP contribution in [-0.4, -0.2) is 12.1 Å². The van der Waals surface area contributed by atoms with E-state index in [0.29, 0.717) is 13.2 Å². The van der Waals surface area contributed by atoms with Gasteiger partial charge in [0, 0.05) is 25.5 Å². The van der Waals surface area contributed by atoms with E-state index in [4.69, 9.17) is 10.5 Å². The predicted octanol–water partition coefficient (Wildman–Crippen LogP) is 0.620. The van der Waals surface area contributed by atoms with Crippen LogP contribution in [-0.2, 0) is 17.9 Å². The minimum atomic E-state index is 0.559. The number of hydrogen-bond acceptors (Lipinski definition) is 2. The number of rotatable bonds is 3. The summed E-state index contributed by atoms with van der Waals surface area (Å²) in [5.74, 6) is 0. The number of H-pyrrole nitrogens is 1. The molecule has 0 bridgehead atoms. The minimum absolute atomic E-state index is 0.559. The number of aromatic nitrogens is 1. The Kier molecular flexibility index (Phi) is 2.48. The van der Waals surface area contributed by atoms with Crippen molar-refractivity contribution < 1.29 is 4.74 Å². The standard InChI is InChI=1S/C7H12N2O/c1-10-5-6-2-7(3-8)9-4-6/h2,4,9H,3,5,8H2,1H3. The number of aromatic amines is 1. The van der Waals surface area contributed by atoms with Gasteiger partial charge in [-0.05, 0) is 11.6 Å². The average Bonchev–Trinajstić information content (AvgIpc) is 2.37. The van der Waals surface area contributed by atoms with E-state index in [-0.39, 0.29) is 0 Å². The van der Waals surface area contributed by atoms with Crippen molar-refractivity contribution in [1.82, 2.24) is 4.98 Å². The van der Waals surface area contributed by atoms with Crippen molar-refractivity contribution in [1.29, 1.82) is 0 Å². The zero-order valence-electron chi connectivity index (χ0n) is 6.05. The molecule has 56 valence electrons. The third kappa shape index (κ3) is 1.59. The van der Waals surface area contributed by atoms with Gasteiger partial charge in [-0.1, -0.05) is 0 Å². The molecule has 0 aromatic carbocycles. The molecule has 10 heavy (non-hydrogen) atoms. The molecule has 0 aliphatic rings. The first-order valence-corrected chi connectivity index (χ1v) is 3.22. The van der Waals surface area contributed by atoms with E-state index in [1.54, 1.807) is 7.11 Å². The summed E-state index contributed by atoms with van der Waals surface area (Å²) in [6.07, 6.45) is 1.91. The van der Waals surface area contributed by atoms with Crippen molar-refractivity contribution >= 4 is 0 Å². The molecule has 0 saturated carbocycles. The van der Waals surface area contributed by atoms with Crippen molar-refractivity contribution in [3.05, 3.63) is 23.5 Å². The van der Waals surface area contributed by atoms with Crippen LogP contribution >= 0.6 is 0 Å². The highest BCUT2D eigenvalue weighted by atomic mass is 16.5. The normalized spacial score (nSPS) is 10.2. The molecular weight excluding hydrogens is 128 g/mol. The van der Waals surface area contributed by atoms with Crippen LogP contribution in [0.25, 0.3) is 0 Å². The van der Waals surface area contributed by atoms with Gasteiger partial charge in [-0.25, -0.2) is 0 Å². The molecule has 3 heteroatoms. The molecule has 0 spiro atoms. The number of methoxy groups -OCH3 is 1. The first-order valence-electron chi connectivity index (χ1n) is 3.22. The summed E-state index contributed by atoms with van der Waals surface area (Å²) < 4.78 is 4.92. The third-order valence-electron chi connectivity index (χ3n) is 1.33. The molecule has 0 saturated heterocycles. The zero-order chi connectivity index (χ0) is 7.40. The smallest absolute Gasteiger partial charge is 0.0727 e. The first-order chi connectivity index (χ1) is 4.86. The first kappa shape index (κ1) is 7.31. The predicted molar refractivity (Wildman–Crippen MR) is 39.4 cm³/mol. The lowest BCUT2D eigenvalue weighted by atomic mass is 10.3. The fraction of sp³-hybridized carbons (Fsp3) is 0.429. The Balaban J connectivity index is 2.59. The lowest BCUT2D eigenvalue weighted by Gasteiger charge is -1.90. The number of nitrogens with one attached hydrogen (secondary N) is 1. The summed E-state index contributed by atoms with van der Waals surface area (Å²) in [6.45, 7) is 1.21. The number of hydrogen-bond donors (Lipinski definition) is 2. The van der Waals surface area contributed by atoms with Crippen LogP contribution in [0.1, 0.15) is 11.3 Å². The molecule has 3 N–H and O–H groups in total. The molecule has 0 aliphatic carbocycles. The van der Waals surface area contributed by atoms with Gasteiger partial charge < -0.3 is 15.5 Å². The topological polar surface area (TPSA) is 51.0 Å². The summed E-state index contributed by atoms with van der Waals surface area (Å²) >= 11 is 0. The fourth-order valence-electron chi connectivity index (χ4n) is 0.860. The summed E-state index contributed by atoms with van der Waals surface area (Å²) in [4.78, 5) is 3.04. The maximum Gasteiger partial charge on any atom is 0.0727 e. The van der Waals surface area contributed by atoms with E-state index in [2.05, 4.69) is 4.98 Å². The van der Waals surface area contributed by atoms with Crippen LogP contribution in [0.4, 0.5) is 0 Å². The van der Waals surface area contributed by atoms with Gasteiger partial charge in [-0.15, -0.1) is 0 Å². The molecule has 1 rings (SSSR count). The fourth-order valence-corrected chi connectivity index (χ4v) is 0.860. The second-order valence-electron chi connectivity index (χ2n) is 2.17. The Morgan fingerprint density at radius 3 is 3.00 bits per heavy atom. The van der Waals surface area contributed by atoms with Crippen molar-refractivity contribution in [2.24, 2.45) is 5.73 Å². The van der Waals surface area contributed by atoms with Gasteiger partial charge in [0.15, 0.2) is 0 Å². The van der Waals surface area contributed by atoms with Crippen LogP contribution in [0.5, 0.6) is 0 Å². The second kappa shape index (κ2) is 3.39. The van der Waals surface area contributed by atoms with E-state index < -0.39 is 0 Å². The molecule has 1 aromatic rings. The Morgan fingerprint density at radius 2 is 2.50 bits per heavy atom. The van der Waals surface area contributed by atoms with Gasteiger partial charge >= 0.3 is 0 Å². The van der Waals surface area contributed by atoms with Crippen LogP contribution in [0, 0.1) is 0 Å². The maximum absolute atomic E-state index is 5.39. The van der Waals surface area contributed by atoms with Crippen LogP contribution in [0.15, 0.2) is 12.3 Å². The highest BCUT2D eigenvalue weighted by molar-refractivity contribution is 5.15. The van der Waals surface area contributed by atoms with E-state index in [9.17, 15) is 0 Å². The van der Waals surface area contributed by atoms with Crippen molar-refractivity contribution in [3.63, 3.8) is 0 Å². The highest BCUT2D eigenvalue weighted by Crippen LogP contribution is 2.02. The van der Waals surface area contributed by atoms with Crippen LogP contribution < -0.4 is 5.73 Å². The van der Waals surface area contributed by atoms with Crippen LogP contribution in [0.2, 0.25) is 0 Å². The summed E-state index contributed by atoms with van der Waals surface area (Å²) in [7, 11) is 1.68. The van der Waals surface area contributed by atoms with Crippen molar-refractivity contribution in [3.8, 4) is 0 Å². The second-order valence-corrected chi connectivity index (χ2v) is 2.17. The maximum atomic E-state index is 5.39. The molecule has 0 radical (unpaired) electrons. The van der Waals surface area contributed by atoms with Gasteiger partial charge in [-0.3, -0.25) is 0 Å². The van der Waals surface area contributed by atoms with E-state index >= 15 is 0 Å². The van der Waals surface area contributed by atoms with Gasteiger partial charge in [0.1, 0.15) is 0 Å². The quantitative estimate of drug-likeness (QED) is 0.646. The largest absolute Gasteiger partial charge is 0.380 e. The van der Waals surface area contributed by atoms with E-state index in [1.165, 1.54) is 0 Å². The van der Waals surface area contributed by atoms with Gasteiger partial charge in [0.05, 0.1) is 6.61 Å². The van der Waals surface area contributed by atoms with Gasteiger partial charge in [-0.2, -0.15) is 0 Å². The molecule has 0 fully saturated rings. The van der Waals surface area contributed by atoms with Crippen molar-refractivity contribution in [2.45, 2.75) is 13.2 Å². The molecule has 0 atom stereocenters. The van der Waals surface area contributed by atoms with Crippen molar-refractivity contribution in [2.75, 3.05) is 7.11 Å². The Bertz CT molecular complexity index is 195. The highest BCUT2D eigenvalue weighted by Gasteiger charge is 1.94. The molecule has 1 heterocycles. The zero-order valence-corrected chi connectivity index (χ0v) is 6.05. The third-order valence-corrected chi connectivity index (χ3v) is 1.33. The minimum Gasteiger partial charge on any atom is -0.380 e. The monoisotopic (exact) mass is 140 g/mol. The van der Waals surface area contributed by atoms with E-state index in [1.807, 2.05) is 12.3 Å². The average molecular weight is 140 g/mol.